The van der Waals surface area contributed by atoms with Gasteiger partial charge in [-0.15, -0.1) is 0 Å². The Hall–Kier alpha value is -1.50. The first-order chi connectivity index (χ1) is 9.30. The van der Waals surface area contributed by atoms with Crippen molar-refractivity contribution in [3.8, 4) is 0 Å². The molecule has 0 aliphatic carbocycles. The van der Waals surface area contributed by atoms with Gasteiger partial charge >= 0.3 is 0 Å². The molecule has 19 heavy (non-hydrogen) atoms. The van der Waals surface area contributed by atoms with E-state index in [9.17, 15) is 0 Å². The molecule has 0 aliphatic rings. The molecule has 0 fully saturated rings. The quantitative estimate of drug-likeness (QED) is 0.700. The highest BCUT2D eigenvalue weighted by atomic mass is 15.1. The number of hydrogen-bond donors (Lipinski definition) is 0. The normalized spacial score (nSPS) is 10.9. The number of rotatable bonds is 6. The van der Waals surface area contributed by atoms with Crippen molar-refractivity contribution in [1.29, 1.82) is 0 Å². The summed E-state index contributed by atoms with van der Waals surface area (Å²) in [6.45, 7) is 8.86. The fourth-order valence-corrected chi connectivity index (χ4v) is 2.70. The van der Waals surface area contributed by atoms with Gasteiger partial charge in [-0.3, -0.25) is 0 Å². The topological polar surface area (TPSA) is 3.24 Å². The van der Waals surface area contributed by atoms with Crippen LogP contribution in [0.1, 0.15) is 39.2 Å². The van der Waals surface area contributed by atoms with Crippen LogP contribution in [0.5, 0.6) is 0 Å². The molecule has 0 unspecified atom stereocenters. The van der Waals surface area contributed by atoms with Crippen LogP contribution in [0.15, 0.2) is 36.4 Å². The highest BCUT2D eigenvalue weighted by Crippen LogP contribution is 2.29. The molecule has 0 N–H and O–H groups in total. The van der Waals surface area contributed by atoms with Crippen molar-refractivity contribution in [2.45, 2.75) is 40.0 Å². The maximum absolute atomic E-state index is 2.46. The first kappa shape index (κ1) is 13.9. The van der Waals surface area contributed by atoms with Crippen LogP contribution in [0.25, 0.3) is 10.8 Å². The van der Waals surface area contributed by atoms with E-state index in [1.54, 1.807) is 0 Å². The third-order valence-corrected chi connectivity index (χ3v) is 3.82. The van der Waals surface area contributed by atoms with Crippen molar-refractivity contribution in [2.24, 2.45) is 0 Å². The van der Waals surface area contributed by atoms with E-state index >= 15 is 0 Å². The van der Waals surface area contributed by atoms with E-state index in [0.717, 1.165) is 13.1 Å². The summed E-state index contributed by atoms with van der Waals surface area (Å²) in [6.07, 6.45) is 3.72. The first-order valence-corrected chi connectivity index (χ1v) is 7.56. The summed E-state index contributed by atoms with van der Waals surface area (Å²) in [5.41, 5.74) is 2.87. The zero-order valence-electron chi connectivity index (χ0n) is 12.4. The second-order valence-electron chi connectivity index (χ2n) is 5.11. The summed E-state index contributed by atoms with van der Waals surface area (Å²) < 4.78 is 0. The molecule has 0 bridgehead atoms. The van der Waals surface area contributed by atoms with Crippen LogP contribution in [0.4, 0.5) is 5.69 Å². The van der Waals surface area contributed by atoms with Crippen molar-refractivity contribution < 1.29 is 0 Å². The van der Waals surface area contributed by atoms with E-state index < -0.39 is 0 Å². The molecule has 1 heteroatoms. The standard InChI is InChI=1S/C18H25N/c1-4-7-10-15-13-16-11-8-9-12-17(16)18(14-15)19(5-2)6-3/h8-9,11-14H,4-7,10H2,1-3H3. The lowest BCUT2D eigenvalue weighted by molar-refractivity contribution is 0.794. The van der Waals surface area contributed by atoms with E-state index in [4.69, 9.17) is 0 Å². The van der Waals surface area contributed by atoms with Gasteiger partial charge in [0.1, 0.15) is 0 Å². The van der Waals surface area contributed by atoms with Crippen LogP contribution in [-0.4, -0.2) is 13.1 Å². The maximum Gasteiger partial charge on any atom is 0.0448 e. The van der Waals surface area contributed by atoms with Gasteiger partial charge in [0.15, 0.2) is 0 Å². The van der Waals surface area contributed by atoms with Gasteiger partial charge in [-0.25, -0.2) is 0 Å². The van der Waals surface area contributed by atoms with Crippen molar-refractivity contribution in [2.75, 3.05) is 18.0 Å². The molecule has 0 heterocycles. The van der Waals surface area contributed by atoms with Crippen molar-refractivity contribution in [3.63, 3.8) is 0 Å². The first-order valence-electron chi connectivity index (χ1n) is 7.56. The molecule has 0 aliphatic heterocycles. The molecular formula is C18H25N. The second kappa shape index (κ2) is 6.60. The highest BCUT2D eigenvalue weighted by molar-refractivity contribution is 5.95. The third kappa shape index (κ3) is 3.09. The Kier molecular flexibility index (Phi) is 4.84. The predicted octanol–water partition coefficient (Wildman–Crippen LogP) is 5.03. The molecular weight excluding hydrogens is 230 g/mol. The van der Waals surface area contributed by atoms with Crippen molar-refractivity contribution in [3.05, 3.63) is 42.0 Å². The molecule has 2 rings (SSSR count). The SMILES string of the molecule is CCCCc1cc(N(CC)CC)c2ccccc2c1. The molecule has 0 atom stereocenters. The number of unbranched alkanes of at least 4 members (excludes halogenated alkanes) is 1. The van der Waals surface area contributed by atoms with Gasteiger partial charge in [-0.2, -0.15) is 0 Å². The van der Waals surface area contributed by atoms with Gasteiger partial charge in [-0.1, -0.05) is 43.7 Å². The van der Waals surface area contributed by atoms with E-state index in [1.807, 2.05) is 0 Å². The summed E-state index contributed by atoms with van der Waals surface area (Å²) in [5.74, 6) is 0. The monoisotopic (exact) mass is 255 g/mol. The predicted molar refractivity (Wildman–Crippen MR) is 86.1 cm³/mol. The van der Waals surface area contributed by atoms with Crippen LogP contribution in [-0.2, 0) is 6.42 Å². The number of hydrogen-bond acceptors (Lipinski definition) is 1. The lowest BCUT2D eigenvalue weighted by Gasteiger charge is -2.24. The Labute approximate surface area is 117 Å². The fraction of sp³-hybridized carbons (Fsp3) is 0.444. The van der Waals surface area contributed by atoms with Crippen LogP contribution < -0.4 is 4.90 Å². The Morgan fingerprint density at radius 2 is 1.68 bits per heavy atom. The zero-order valence-corrected chi connectivity index (χ0v) is 12.4. The van der Waals surface area contributed by atoms with E-state index in [1.165, 1.54) is 41.3 Å². The molecule has 0 saturated heterocycles. The largest absolute Gasteiger partial charge is 0.372 e. The van der Waals surface area contributed by atoms with Crippen LogP contribution in [0.3, 0.4) is 0 Å². The van der Waals surface area contributed by atoms with Crippen LogP contribution in [0.2, 0.25) is 0 Å². The fourth-order valence-electron chi connectivity index (χ4n) is 2.70. The number of fused-ring (bicyclic) bond motifs is 1. The zero-order chi connectivity index (χ0) is 13.7. The second-order valence-corrected chi connectivity index (χ2v) is 5.11. The van der Waals surface area contributed by atoms with E-state index in [2.05, 4.69) is 62.1 Å². The van der Waals surface area contributed by atoms with Crippen molar-refractivity contribution >= 4 is 16.5 Å². The Morgan fingerprint density at radius 1 is 0.947 bits per heavy atom. The Morgan fingerprint density at radius 3 is 2.37 bits per heavy atom. The summed E-state index contributed by atoms with van der Waals surface area (Å²) >= 11 is 0. The van der Waals surface area contributed by atoms with Crippen LogP contribution in [0, 0.1) is 0 Å². The summed E-state index contributed by atoms with van der Waals surface area (Å²) in [5, 5.41) is 2.75. The van der Waals surface area contributed by atoms with Gasteiger partial charge in [-0.05, 0) is 43.7 Å². The average molecular weight is 255 g/mol. The molecule has 0 radical (unpaired) electrons. The minimum Gasteiger partial charge on any atom is -0.372 e. The van der Waals surface area contributed by atoms with Gasteiger partial charge in [0, 0.05) is 24.2 Å². The molecule has 0 saturated carbocycles. The third-order valence-electron chi connectivity index (χ3n) is 3.82. The minimum atomic E-state index is 1.07. The summed E-state index contributed by atoms with van der Waals surface area (Å²) in [7, 11) is 0. The lowest BCUT2D eigenvalue weighted by atomic mass is 10.0. The lowest BCUT2D eigenvalue weighted by Crippen LogP contribution is -2.22. The van der Waals surface area contributed by atoms with E-state index in [0.29, 0.717) is 0 Å². The summed E-state index contributed by atoms with van der Waals surface area (Å²) in [4.78, 5) is 2.46. The van der Waals surface area contributed by atoms with Gasteiger partial charge in [0.25, 0.3) is 0 Å². The number of benzene rings is 2. The van der Waals surface area contributed by atoms with Gasteiger partial charge < -0.3 is 4.90 Å². The summed E-state index contributed by atoms with van der Waals surface area (Å²) in [6, 6.07) is 13.5. The molecule has 0 amide bonds. The molecule has 2 aromatic carbocycles. The average Bonchev–Trinajstić information content (AvgIpc) is 2.46. The maximum atomic E-state index is 2.46. The molecule has 1 nitrogen and oxygen atoms in total. The van der Waals surface area contributed by atoms with E-state index in [-0.39, 0.29) is 0 Å². The number of anilines is 1. The van der Waals surface area contributed by atoms with Crippen molar-refractivity contribution in [1.82, 2.24) is 0 Å². The van der Waals surface area contributed by atoms with Gasteiger partial charge in [0.2, 0.25) is 0 Å². The van der Waals surface area contributed by atoms with Gasteiger partial charge in [0.05, 0.1) is 0 Å². The Balaban J connectivity index is 2.51. The smallest absolute Gasteiger partial charge is 0.0448 e. The Bertz CT molecular complexity index is 526. The molecule has 2 aromatic rings. The van der Waals surface area contributed by atoms with Crippen LogP contribution >= 0.6 is 0 Å². The molecule has 0 aromatic heterocycles. The number of aryl methyl sites for hydroxylation is 1. The number of nitrogens with zero attached hydrogens (tertiary/aromatic N) is 1. The minimum absolute atomic E-state index is 1.07. The highest BCUT2D eigenvalue weighted by Gasteiger charge is 2.08. The molecule has 0 spiro atoms. The molecule has 102 valence electrons.